The number of guanidine groups is 1. The highest BCUT2D eigenvalue weighted by molar-refractivity contribution is 5.96. The van der Waals surface area contributed by atoms with Crippen LogP contribution in [0.15, 0.2) is 4.99 Å². The summed E-state index contributed by atoms with van der Waals surface area (Å²) in [5.74, 6) is 0.799. The highest BCUT2D eigenvalue weighted by atomic mass is 16.6. The molecule has 0 saturated heterocycles. The average molecular weight is 411 g/mol. The van der Waals surface area contributed by atoms with Crippen LogP contribution in [0.4, 0.5) is 4.79 Å². The van der Waals surface area contributed by atoms with Crippen LogP contribution >= 0.6 is 0 Å². The van der Waals surface area contributed by atoms with Crippen molar-refractivity contribution in [2.75, 3.05) is 13.1 Å². The second kappa shape index (κ2) is 12.7. The molecule has 1 aliphatic rings. The van der Waals surface area contributed by atoms with Gasteiger partial charge in [-0.3, -0.25) is 15.1 Å². The van der Waals surface area contributed by atoms with Gasteiger partial charge in [0.2, 0.25) is 11.9 Å². The number of alkyl carbamates (subject to hydrolysis) is 1. The second-order valence-electron chi connectivity index (χ2n) is 9.33. The van der Waals surface area contributed by atoms with Gasteiger partial charge >= 0.3 is 6.09 Å². The molecule has 0 aromatic rings. The maximum atomic E-state index is 12.6. The van der Waals surface area contributed by atoms with Crippen molar-refractivity contribution in [3.8, 4) is 0 Å². The molecule has 168 valence electrons. The summed E-state index contributed by atoms with van der Waals surface area (Å²) in [7, 11) is 0. The van der Waals surface area contributed by atoms with Crippen molar-refractivity contribution in [1.29, 1.82) is 0 Å². The topological polar surface area (TPSA) is 91.8 Å². The van der Waals surface area contributed by atoms with E-state index in [1.54, 1.807) is 0 Å². The van der Waals surface area contributed by atoms with E-state index in [2.05, 4.69) is 27.9 Å². The Kier molecular flexibility index (Phi) is 11.1. The molecule has 0 aliphatic heterocycles. The van der Waals surface area contributed by atoms with Crippen molar-refractivity contribution in [3.63, 3.8) is 0 Å². The van der Waals surface area contributed by atoms with E-state index in [1.165, 1.54) is 19.3 Å². The van der Waals surface area contributed by atoms with Crippen LogP contribution < -0.4 is 16.0 Å². The van der Waals surface area contributed by atoms with Gasteiger partial charge in [0.15, 0.2) is 0 Å². The molecular weight excluding hydrogens is 368 g/mol. The van der Waals surface area contributed by atoms with E-state index in [0.717, 1.165) is 25.7 Å². The van der Waals surface area contributed by atoms with E-state index in [9.17, 15) is 9.59 Å². The molecule has 3 N–H and O–H groups in total. The van der Waals surface area contributed by atoms with Crippen LogP contribution in [-0.4, -0.2) is 42.7 Å². The zero-order chi connectivity index (χ0) is 21.9. The van der Waals surface area contributed by atoms with Gasteiger partial charge in [-0.1, -0.05) is 46.5 Å². The summed E-state index contributed by atoms with van der Waals surface area (Å²) in [6.07, 6.45) is 7.47. The summed E-state index contributed by atoms with van der Waals surface area (Å²) in [5, 5.41) is 8.85. The van der Waals surface area contributed by atoms with E-state index in [0.29, 0.717) is 25.0 Å². The summed E-state index contributed by atoms with van der Waals surface area (Å²) >= 11 is 0. The lowest BCUT2D eigenvalue weighted by Crippen LogP contribution is -2.54. The Balaban J connectivity index is 2.85. The van der Waals surface area contributed by atoms with Crippen LogP contribution in [0.2, 0.25) is 0 Å². The minimum Gasteiger partial charge on any atom is -0.444 e. The van der Waals surface area contributed by atoms with Gasteiger partial charge in [-0.05, 0) is 51.9 Å². The molecule has 1 rings (SSSR count). The molecule has 1 atom stereocenters. The zero-order valence-corrected chi connectivity index (χ0v) is 19.3. The third-order valence-electron chi connectivity index (χ3n) is 4.92. The molecule has 7 nitrogen and oxygen atoms in total. The molecule has 2 amide bonds. The van der Waals surface area contributed by atoms with E-state index >= 15 is 0 Å². The molecule has 7 heteroatoms. The Morgan fingerprint density at radius 3 is 2.34 bits per heavy atom. The van der Waals surface area contributed by atoms with Gasteiger partial charge in [0.1, 0.15) is 11.6 Å². The first-order valence-electron chi connectivity index (χ1n) is 11.2. The van der Waals surface area contributed by atoms with E-state index in [4.69, 9.17) is 4.74 Å². The largest absolute Gasteiger partial charge is 0.444 e. The Morgan fingerprint density at radius 1 is 1.14 bits per heavy atom. The SMILES string of the molecule is CCCCNC(=O)[C@@H](NC(=NCC1CCCCC1)NC(=O)OC(C)(C)C)C(C)C. The number of carbonyl (C=O) groups excluding carboxylic acids is 2. The maximum absolute atomic E-state index is 12.6. The smallest absolute Gasteiger partial charge is 0.414 e. The zero-order valence-electron chi connectivity index (χ0n) is 19.3. The van der Waals surface area contributed by atoms with Crippen molar-refractivity contribution >= 4 is 18.0 Å². The Labute approximate surface area is 176 Å². The molecule has 0 bridgehead atoms. The quantitative estimate of drug-likeness (QED) is 0.321. The predicted octanol–water partition coefficient (Wildman–Crippen LogP) is 3.98. The number of nitrogens with one attached hydrogen (secondary N) is 3. The van der Waals surface area contributed by atoms with Gasteiger partial charge in [-0.15, -0.1) is 0 Å². The number of rotatable bonds is 8. The summed E-state index contributed by atoms with van der Waals surface area (Å²) in [4.78, 5) is 29.6. The molecule has 0 radical (unpaired) electrons. The third kappa shape index (κ3) is 11.1. The van der Waals surface area contributed by atoms with Crippen LogP contribution in [0.3, 0.4) is 0 Å². The number of hydrogen-bond donors (Lipinski definition) is 3. The summed E-state index contributed by atoms with van der Waals surface area (Å²) in [6, 6.07) is -0.480. The lowest BCUT2D eigenvalue weighted by molar-refractivity contribution is -0.123. The van der Waals surface area contributed by atoms with Gasteiger partial charge in [-0.2, -0.15) is 0 Å². The predicted molar refractivity (Wildman–Crippen MR) is 118 cm³/mol. The van der Waals surface area contributed by atoms with Gasteiger partial charge in [0, 0.05) is 13.1 Å². The second-order valence-corrected chi connectivity index (χ2v) is 9.33. The Morgan fingerprint density at radius 2 is 1.79 bits per heavy atom. The monoisotopic (exact) mass is 410 g/mol. The first kappa shape index (κ1) is 25.2. The molecule has 1 aliphatic carbocycles. The van der Waals surface area contributed by atoms with Gasteiger partial charge in [-0.25, -0.2) is 4.79 Å². The molecule has 1 saturated carbocycles. The first-order valence-corrected chi connectivity index (χ1v) is 11.2. The number of carbonyl (C=O) groups is 2. The fourth-order valence-corrected chi connectivity index (χ4v) is 3.29. The molecule has 0 spiro atoms. The van der Waals surface area contributed by atoms with Crippen LogP contribution in [-0.2, 0) is 9.53 Å². The van der Waals surface area contributed by atoms with Crippen molar-refractivity contribution < 1.29 is 14.3 Å². The minimum atomic E-state index is -0.604. The number of nitrogens with zero attached hydrogens (tertiary/aromatic N) is 1. The minimum absolute atomic E-state index is 0.0388. The van der Waals surface area contributed by atoms with Crippen LogP contribution in [0.25, 0.3) is 0 Å². The van der Waals surface area contributed by atoms with Crippen LogP contribution in [0.1, 0.15) is 86.5 Å². The van der Waals surface area contributed by atoms with Crippen LogP contribution in [0, 0.1) is 11.8 Å². The highest BCUT2D eigenvalue weighted by Crippen LogP contribution is 2.23. The van der Waals surface area contributed by atoms with Gasteiger partial charge in [0.25, 0.3) is 0 Å². The summed E-state index contributed by atoms with van der Waals surface area (Å²) in [6.45, 7) is 12.8. The molecule has 0 unspecified atom stereocenters. The number of hydrogen-bond acceptors (Lipinski definition) is 4. The van der Waals surface area contributed by atoms with E-state index < -0.39 is 17.7 Å². The Hall–Kier alpha value is -1.79. The van der Waals surface area contributed by atoms with E-state index in [-0.39, 0.29) is 11.8 Å². The van der Waals surface area contributed by atoms with Crippen molar-refractivity contribution in [2.24, 2.45) is 16.8 Å². The average Bonchev–Trinajstić information content (AvgIpc) is 2.63. The molecule has 29 heavy (non-hydrogen) atoms. The van der Waals surface area contributed by atoms with Crippen molar-refractivity contribution in [2.45, 2.75) is 98.1 Å². The van der Waals surface area contributed by atoms with Crippen molar-refractivity contribution in [1.82, 2.24) is 16.0 Å². The van der Waals surface area contributed by atoms with Crippen molar-refractivity contribution in [3.05, 3.63) is 0 Å². The van der Waals surface area contributed by atoms with Crippen LogP contribution in [0.5, 0.6) is 0 Å². The number of amides is 2. The molecular formula is C22H42N4O3. The van der Waals surface area contributed by atoms with Gasteiger partial charge < -0.3 is 15.4 Å². The van der Waals surface area contributed by atoms with Gasteiger partial charge in [0.05, 0.1) is 0 Å². The van der Waals surface area contributed by atoms with E-state index in [1.807, 2.05) is 34.6 Å². The summed E-state index contributed by atoms with van der Waals surface area (Å²) in [5.41, 5.74) is -0.604. The molecule has 0 aromatic heterocycles. The number of aliphatic imine (C=N–C) groups is 1. The number of unbranched alkanes of at least 4 members (excludes halogenated alkanes) is 1. The lowest BCUT2D eigenvalue weighted by atomic mass is 9.89. The first-order chi connectivity index (χ1) is 13.6. The highest BCUT2D eigenvalue weighted by Gasteiger charge is 2.25. The maximum Gasteiger partial charge on any atom is 0.414 e. The molecule has 0 heterocycles. The molecule has 1 fully saturated rings. The lowest BCUT2D eigenvalue weighted by Gasteiger charge is -2.26. The fraction of sp³-hybridized carbons (Fsp3) is 0.864. The third-order valence-corrected chi connectivity index (χ3v) is 4.92. The molecule has 0 aromatic carbocycles. The summed E-state index contributed by atoms with van der Waals surface area (Å²) < 4.78 is 5.37. The standard InChI is InChI=1S/C22H42N4O3/c1-7-8-14-23-19(27)18(16(2)3)25-20(26-21(28)29-22(4,5)6)24-15-17-12-10-9-11-13-17/h16-18H,7-15H2,1-6H3,(H,23,27)(H2,24,25,26,28)/t18-/m0/s1. The fourth-order valence-electron chi connectivity index (χ4n) is 3.29. The normalized spacial score (nSPS) is 17.0. The Bertz CT molecular complexity index is 535. The number of ether oxygens (including phenoxy) is 1.